The zero-order valence-electron chi connectivity index (χ0n) is 7.35. The van der Waals surface area contributed by atoms with Crippen LogP contribution in [-0.4, -0.2) is 19.2 Å². The van der Waals surface area contributed by atoms with Crippen molar-refractivity contribution < 1.29 is 24.2 Å². The first-order chi connectivity index (χ1) is 6.65. The van der Waals surface area contributed by atoms with Crippen LogP contribution in [0, 0.1) is 0 Å². The number of hydrogen-bond donors (Lipinski definition) is 0. The van der Waals surface area contributed by atoms with Gasteiger partial charge in [0.15, 0.2) is 0 Å². The third kappa shape index (κ3) is 2.22. The Morgan fingerprint density at radius 3 is 2.43 bits per heavy atom. The molecule has 0 amide bonds. The van der Waals surface area contributed by atoms with E-state index in [-0.39, 0.29) is 11.3 Å². The highest BCUT2D eigenvalue weighted by atomic mass is 16.7. The number of carbonyl (C=O) groups excluding carboxylic acids is 2. The van der Waals surface area contributed by atoms with Crippen molar-refractivity contribution in [2.75, 3.05) is 7.11 Å². The first-order valence-electron chi connectivity index (χ1n) is 3.71. The van der Waals surface area contributed by atoms with Crippen LogP contribution in [0.1, 0.15) is 10.4 Å². The molecule has 0 heterocycles. The van der Waals surface area contributed by atoms with Gasteiger partial charge in [0.25, 0.3) is 0 Å². The lowest BCUT2D eigenvalue weighted by Gasteiger charge is -2.04. The molecule has 1 aromatic carbocycles. The summed E-state index contributed by atoms with van der Waals surface area (Å²) in [6, 6.07) is 5.82. The number of rotatable bonds is 2. The van der Waals surface area contributed by atoms with E-state index >= 15 is 0 Å². The predicted molar refractivity (Wildman–Crippen MR) is 44.5 cm³/mol. The smallest absolute Gasteiger partial charge is 0.465 e. The predicted octanol–water partition coefficient (Wildman–Crippen LogP) is 1.40. The molecule has 0 spiro atoms. The van der Waals surface area contributed by atoms with Gasteiger partial charge in [0.05, 0.1) is 7.11 Å². The van der Waals surface area contributed by atoms with Crippen LogP contribution in [-0.2, 0) is 9.84 Å². The molecule has 5 heteroatoms. The first kappa shape index (κ1) is 10.0. The summed E-state index contributed by atoms with van der Waals surface area (Å²) in [4.78, 5) is 21.2. The van der Waals surface area contributed by atoms with Crippen molar-refractivity contribution in [2.45, 2.75) is 0 Å². The number of benzene rings is 1. The highest BCUT2D eigenvalue weighted by Crippen LogP contribution is 2.18. The number of hydrogen-bond acceptors (Lipinski definition) is 4. The maximum atomic E-state index is 11.1. The second-order valence-corrected chi connectivity index (χ2v) is 2.34. The van der Waals surface area contributed by atoms with Crippen LogP contribution in [0.15, 0.2) is 24.3 Å². The van der Waals surface area contributed by atoms with Crippen molar-refractivity contribution in [3.05, 3.63) is 29.8 Å². The van der Waals surface area contributed by atoms with Crippen LogP contribution < -0.4 is 4.74 Å². The Kier molecular flexibility index (Phi) is 3.06. The van der Waals surface area contributed by atoms with Gasteiger partial charge in [0.2, 0.25) is 0 Å². The zero-order chi connectivity index (χ0) is 10.6. The van der Waals surface area contributed by atoms with Crippen molar-refractivity contribution in [1.82, 2.24) is 0 Å². The average molecular weight is 195 g/mol. The van der Waals surface area contributed by atoms with E-state index in [1.807, 2.05) is 0 Å². The minimum atomic E-state index is -1.72. The summed E-state index contributed by atoms with van der Waals surface area (Å²) in [6.45, 7) is 0. The normalized spacial score (nSPS) is 9.21. The van der Waals surface area contributed by atoms with Crippen LogP contribution in [0.3, 0.4) is 0 Å². The molecular weight excluding hydrogens is 188 g/mol. The second kappa shape index (κ2) is 4.27. The molecule has 0 atom stereocenters. The fraction of sp³-hybridized carbons (Fsp3) is 0.111. The Morgan fingerprint density at radius 2 is 1.86 bits per heavy atom. The fourth-order valence-electron chi connectivity index (χ4n) is 0.924. The van der Waals surface area contributed by atoms with Gasteiger partial charge in [0.1, 0.15) is 11.3 Å². The quantitative estimate of drug-likeness (QED) is 0.528. The van der Waals surface area contributed by atoms with Crippen LogP contribution >= 0.6 is 0 Å². The summed E-state index contributed by atoms with van der Waals surface area (Å²) in [5.41, 5.74) is 0.0409. The second-order valence-electron chi connectivity index (χ2n) is 2.34. The van der Waals surface area contributed by atoms with E-state index < -0.39 is 12.1 Å². The number of esters is 1. The molecule has 0 aliphatic rings. The Labute approximate surface area is 79.9 Å². The van der Waals surface area contributed by atoms with E-state index in [2.05, 4.69) is 9.47 Å². The van der Waals surface area contributed by atoms with Crippen molar-refractivity contribution in [3.8, 4) is 5.75 Å². The minimum absolute atomic E-state index is 0.0409. The van der Waals surface area contributed by atoms with Crippen molar-refractivity contribution >= 4 is 12.1 Å². The van der Waals surface area contributed by atoms with Crippen LogP contribution in [0.5, 0.6) is 5.75 Å². The molecule has 0 fully saturated rings. The Bertz CT molecular complexity index is 358. The van der Waals surface area contributed by atoms with E-state index in [4.69, 9.17) is 0 Å². The van der Waals surface area contributed by atoms with Crippen LogP contribution in [0.25, 0.3) is 0 Å². The number of carbonyl (C=O) groups is 2. The van der Waals surface area contributed by atoms with Crippen molar-refractivity contribution in [3.63, 3.8) is 0 Å². The van der Waals surface area contributed by atoms with Gasteiger partial charge in [-0.3, -0.25) is 0 Å². The molecule has 0 aliphatic carbocycles. The van der Waals surface area contributed by atoms with Gasteiger partial charge in [0, 0.05) is 0 Å². The molecule has 0 unspecified atom stereocenters. The topological polar surface area (TPSA) is 72.5 Å². The zero-order valence-corrected chi connectivity index (χ0v) is 7.35. The van der Waals surface area contributed by atoms with E-state index in [0.717, 1.165) is 0 Å². The lowest BCUT2D eigenvalue weighted by Crippen LogP contribution is -2.08. The van der Waals surface area contributed by atoms with Gasteiger partial charge in [-0.05, 0) is 12.1 Å². The number of para-hydroxylation sites is 1. The molecular formula is C9H7O5. The molecule has 0 saturated carbocycles. The van der Waals surface area contributed by atoms with E-state index in [9.17, 15) is 14.7 Å². The Balaban J connectivity index is 3.02. The summed E-state index contributed by atoms with van der Waals surface area (Å²) in [5, 5.41) is 10.1. The molecule has 73 valence electrons. The van der Waals surface area contributed by atoms with Gasteiger partial charge in [-0.15, -0.1) is 0 Å². The molecule has 1 rings (SSSR count). The molecule has 5 nitrogen and oxygen atoms in total. The molecule has 0 saturated heterocycles. The van der Waals surface area contributed by atoms with Crippen molar-refractivity contribution in [1.29, 1.82) is 0 Å². The largest absolute Gasteiger partial charge is 0.555 e. The highest BCUT2D eigenvalue weighted by Gasteiger charge is 2.14. The lowest BCUT2D eigenvalue weighted by atomic mass is 10.2. The third-order valence-corrected chi connectivity index (χ3v) is 1.49. The molecule has 0 aromatic heterocycles. The van der Waals surface area contributed by atoms with E-state index in [0.29, 0.717) is 0 Å². The van der Waals surface area contributed by atoms with Gasteiger partial charge in [-0.2, -0.15) is 9.90 Å². The van der Waals surface area contributed by atoms with E-state index in [1.165, 1.54) is 25.3 Å². The minimum Gasteiger partial charge on any atom is -0.465 e. The molecule has 1 aromatic rings. The summed E-state index contributed by atoms with van der Waals surface area (Å²) in [5.74, 6) is -0.763. The summed E-state index contributed by atoms with van der Waals surface area (Å²) in [6.07, 6.45) is -1.72. The lowest BCUT2D eigenvalue weighted by molar-refractivity contribution is 0.0596. The van der Waals surface area contributed by atoms with Crippen LogP contribution in [0.2, 0.25) is 0 Å². The third-order valence-electron chi connectivity index (χ3n) is 1.49. The van der Waals surface area contributed by atoms with Gasteiger partial charge in [-0.25, -0.2) is 4.79 Å². The maximum absolute atomic E-state index is 11.1. The molecule has 14 heavy (non-hydrogen) atoms. The number of ether oxygens (including phenoxy) is 2. The van der Waals surface area contributed by atoms with Gasteiger partial charge < -0.3 is 9.47 Å². The van der Waals surface area contributed by atoms with E-state index in [1.54, 1.807) is 6.07 Å². The molecule has 0 N–H and O–H groups in total. The van der Waals surface area contributed by atoms with Gasteiger partial charge in [-0.1, -0.05) is 12.1 Å². The van der Waals surface area contributed by atoms with Gasteiger partial charge >= 0.3 is 12.1 Å². The van der Waals surface area contributed by atoms with Crippen molar-refractivity contribution in [2.24, 2.45) is 0 Å². The Morgan fingerprint density at radius 1 is 1.21 bits per heavy atom. The summed E-state index contributed by atoms with van der Waals surface area (Å²) < 4.78 is 8.70. The summed E-state index contributed by atoms with van der Waals surface area (Å²) >= 11 is 0. The molecule has 1 radical (unpaired) electrons. The van der Waals surface area contributed by atoms with Crippen LogP contribution in [0.4, 0.5) is 4.79 Å². The SMILES string of the molecule is COC(=O)c1ccccc1OC([O])=O. The Hall–Kier alpha value is -2.04. The number of methoxy groups -OCH3 is 1. The maximum Gasteiger partial charge on any atom is 0.555 e. The standard InChI is InChI=1S/C9H7O5/c1-13-8(10)6-4-2-3-5-7(6)14-9(11)12/h2-5H,1H3. The average Bonchev–Trinajstić information content (AvgIpc) is 2.16. The first-order valence-corrected chi connectivity index (χ1v) is 3.71. The monoisotopic (exact) mass is 195 g/mol. The molecule has 0 aliphatic heterocycles. The fourth-order valence-corrected chi connectivity index (χ4v) is 0.924. The highest BCUT2D eigenvalue weighted by molar-refractivity contribution is 5.93. The molecule has 0 bridgehead atoms. The summed E-state index contributed by atoms with van der Waals surface area (Å²) in [7, 11) is 1.19.